The van der Waals surface area contributed by atoms with E-state index < -0.39 is 10.0 Å². The van der Waals surface area contributed by atoms with Crippen molar-refractivity contribution in [3.05, 3.63) is 59.7 Å². The van der Waals surface area contributed by atoms with Gasteiger partial charge < -0.3 is 5.32 Å². The van der Waals surface area contributed by atoms with Crippen LogP contribution in [0.2, 0.25) is 0 Å². The Labute approximate surface area is 156 Å². The van der Waals surface area contributed by atoms with E-state index in [1.54, 1.807) is 13.0 Å². The zero-order chi connectivity index (χ0) is 19.5. The molecule has 2 aromatic rings. The minimum atomic E-state index is -3.70. The van der Waals surface area contributed by atoms with Gasteiger partial charge in [0.05, 0.1) is 10.6 Å². The Morgan fingerprint density at radius 1 is 1.08 bits per heavy atom. The molecule has 0 fully saturated rings. The van der Waals surface area contributed by atoms with Crippen LogP contribution >= 0.6 is 0 Å². The summed E-state index contributed by atoms with van der Waals surface area (Å²) in [6, 6.07) is 13.4. The fourth-order valence-corrected chi connectivity index (χ4v) is 4.06. The minimum Gasteiger partial charge on any atom is -0.347 e. The number of amides is 1. The Morgan fingerprint density at radius 3 is 2.19 bits per heavy atom. The first kappa shape index (κ1) is 20.0. The van der Waals surface area contributed by atoms with E-state index in [-0.39, 0.29) is 16.3 Å². The SMILES string of the molecule is CCN(c1cccc(C)c1)S(=O)(=O)c1ccc(C(=O)NC(C)(C)C)cc1. The standard InChI is InChI=1S/C20H26N2O3S/c1-6-22(17-9-7-8-15(2)14-17)26(24,25)18-12-10-16(11-13-18)19(23)21-20(3,4)5/h7-14H,6H2,1-5H3,(H,21,23). The predicted molar refractivity (Wildman–Crippen MR) is 105 cm³/mol. The highest BCUT2D eigenvalue weighted by Gasteiger charge is 2.24. The van der Waals surface area contributed by atoms with Crippen LogP contribution in [-0.2, 0) is 10.0 Å². The lowest BCUT2D eigenvalue weighted by Crippen LogP contribution is -2.40. The molecule has 0 saturated carbocycles. The van der Waals surface area contributed by atoms with E-state index in [0.29, 0.717) is 17.8 Å². The molecule has 0 unspecified atom stereocenters. The molecule has 0 bridgehead atoms. The Morgan fingerprint density at radius 2 is 1.69 bits per heavy atom. The maximum Gasteiger partial charge on any atom is 0.264 e. The summed E-state index contributed by atoms with van der Waals surface area (Å²) in [6.07, 6.45) is 0. The summed E-state index contributed by atoms with van der Waals surface area (Å²) in [7, 11) is -3.70. The Bertz CT molecular complexity index is 882. The maximum absolute atomic E-state index is 13.0. The fourth-order valence-electron chi connectivity index (χ4n) is 2.59. The second-order valence-electron chi connectivity index (χ2n) is 7.24. The highest BCUT2D eigenvalue weighted by atomic mass is 32.2. The summed E-state index contributed by atoms with van der Waals surface area (Å²) >= 11 is 0. The van der Waals surface area contributed by atoms with Crippen LogP contribution in [0.5, 0.6) is 0 Å². The summed E-state index contributed by atoms with van der Waals surface area (Å²) in [5.74, 6) is -0.229. The number of nitrogens with zero attached hydrogens (tertiary/aromatic N) is 1. The monoisotopic (exact) mass is 374 g/mol. The second-order valence-corrected chi connectivity index (χ2v) is 9.10. The van der Waals surface area contributed by atoms with Crippen molar-refractivity contribution in [3.63, 3.8) is 0 Å². The molecule has 26 heavy (non-hydrogen) atoms. The van der Waals surface area contributed by atoms with Crippen LogP contribution in [0.4, 0.5) is 5.69 Å². The molecule has 5 nitrogen and oxygen atoms in total. The third-order valence-corrected chi connectivity index (χ3v) is 5.69. The lowest BCUT2D eigenvalue weighted by Gasteiger charge is -2.23. The number of aryl methyl sites for hydroxylation is 1. The molecule has 0 heterocycles. The molecule has 2 rings (SSSR count). The van der Waals surface area contributed by atoms with Gasteiger partial charge in [0, 0.05) is 17.6 Å². The van der Waals surface area contributed by atoms with Crippen molar-refractivity contribution in [2.45, 2.75) is 45.1 Å². The van der Waals surface area contributed by atoms with Gasteiger partial charge in [0.2, 0.25) is 0 Å². The van der Waals surface area contributed by atoms with Crippen LogP contribution in [-0.4, -0.2) is 26.4 Å². The second kappa shape index (κ2) is 7.50. The van der Waals surface area contributed by atoms with Crippen molar-refractivity contribution in [3.8, 4) is 0 Å². The van der Waals surface area contributed by atoms with Crippen LogP contribution in [0.3, 0.4) is 0 Å². The fraction of sp³-hybridized carbons (Fsp3) is 0.350. The largest absolute Gasteiger partial charge is 0.347 e. The van der Waals surface area contributed by atoms with E-state index in [2.05, 4.69) is 5.32 Å². The zero-order valence-electron chi connectivity index (χ0n) is 15.9. The summed E-state index contributed by atoms with van der Waals surface area (Å²) in [6.45, 7) is 9.72. The van der Waals surface area contributed by atoms with Gasteiger partial charge in [-0.05, 0) is 76.6 Å². The zero-order valence-corrected chi connectivity index (χ0v) is 16.7. The minimum absolute atomic E-state index is 0.160. The number of rotatable bonds is 5. The molecule has 0 aliphatic heterocycles. The average Bonchev–Trinajstić information content (AvgIpc) is 2.54. The van der Waals surface area contributed by atoms with Gasteiger partial charge in [-0.15, -0.1) is 0 Å². The molecule has 0 saturated heterocycles. The van der Waals surface area contributed by atoms with Gasteiger partial charge in [0.15, 0.2) is 0 Å². The van der Waals surface area contributed by atoms with Crippen LogP contribution in [0.1, 0.15) is 43.6 Å². The van der Waals surface area contributed by atoms with Crippen LogP contribution < -0.4 is 9.62 Å². The first-order valence-corrected chi connectivity index (χ1v) is 10.0. The van der Waals surface area contributed by atoms with Crippen molar-refractivity contribution in [2.24, 2.45) is 0 Å². The summed E-state index contributed by atoms with van der Waals surface area (Å²) in [5.41, 5.74) is 1.69. The quantitative estimate of drug-likeness (QED) is 0.867. The van der Waals surface area contributed by atoms with E-state index in [1.165, 1.54) is 28.6 Å². The van der Waals surface area contributed by atoms with Gasteiger partial charge in [0.25, 0.3) is 15.9 Å². The number of hydrogen-bond donors (Lipinski definition) is 1. The average molecular weight is 375 g/mol. The van der Waals surface area contributed by atoms with Crippen molar-refractivity contribution in [1.29, 1.82) is 0 Å². The van der Waals surface area contributed by atoms with Gasteiger partial charge in [-0.3, -0.25) is 9.10 Å². The van der Waals surface area contributed by atoms with Crippen molar-refractivity contribution >= 4 is 21.6 Å². The Kier molecular flexibility index (Phi) is 5.76. The summed E-state index contributed by atoms with van der Waals surface area (Å²) in [4.78, 5) is 12.4. The number of carbonyl (C=O) groups excluding carboxylic acids is 1. The van der Waals surface area contributed by atoms with Crippen molar-refractivity contribution in [1.82, 2.24) is 5.32 Å². The molecule has 0 aliphatic carbocycles. The van der Waals surface area contributed by atoms with E-state index in [4.69, 9.17) is 0 Å². The van der Waals surface area contributed by atoms with Crippen LogP contribution in [0.25, 0.3) is 0 Å². The van der Waals surface area contributed by atoms with E-state index in [9.17, 15) is 13.2 Å². The van der Waals surface area contributed by atoms with Gasteiger partial charge in [-0.2, -0.15) is 0 Å². The topological polar surface area (TPSA) is 66.5 Å². The molecule has 140 valence electrons. The normalized spacial score (nSPS) is 11.9. The third kappa shape index (κ3) is 4.64. The first-order chi connectivity index (χ1) is 12.0. The lowest BCUT2D eigenvalue weighted by atomic mass is 10.1. The van der Waals surface area contributed by atoms with Crippen LogP contribution in [0, 0.1) is 6.92 Å². The molecule has 0 atom stereocenters. The molecule has 0 radical (unpaired) electrons. The number of sulfonamides is 1. The number of benzene rings is 2. The van der Waals surface area contributed by atoms with Gasteiger partial charge >= 0.3 is 0 Å². The summed E-state index contributed by atoms with van der Waals surface area (Å²) in [5, 5.41) is 2.86. The summed E-state index contributed by atoms with van der Waals surface area (Å²) < 4.78 is 27.4. The Hall–Kier alpha value is -2.34. The highest BCUT2D eigenvalue weighted by molar-refractivity contribution is 7.92. The van der Waals surface area contributed by atoms with Gasteiger partial charge in [-0.1, -0.05) is 12.1 Å². The van der Waals surface area contributed by atoms with Gasteiger partial charge in [-0.25, -0.2) is 8.42 Å². The number of nitrogens with one attached hydrogen (secondary N) is 1. The molecule has 0 spiro atoms. The number of hydrogen-bond acceptors (Lipinski definition) is 3. The molecule has 0 aliphatic rings. The number of anilines is 1. The number of carbonyl (C=O) groups is 1. The third-order valence-electron chi connectivity index (χ3n) is 3.77. The van der Waals surface area contributed by atoms with E-state index >= 15 is 0 Å². The maximum atomic E-state index is 13.0. The van der Waals surface area contributed by atoms with E-state index in [0.717, 1.165) is 5.56 Å². The highest BCUT2D eigenvalue weighted by Crippen LogP contribution is 2.24. The molecular formula is C20H26N2O3S. The van der Waals surface area contributed by atoms with Gasteiger partial charge in [0.1, 0.15) is 0 Å². The molecule has 6 heteroatoms. The molecule has 1 amide bonds. The predicted octanol–water partition coefficient (Wildman–Crippen LogP) is 3.74. The van der Waals surface area contributed by atoms with Crippen LogP contribution in [0.15, 0.2) is 53.4 Å². The van der Waals surface area contributed by atoms with Crippen molar-refractivity contribution in [2.75, 3.05) is 10.8 Å². The molecular weight excluding hydrogens is 348 g/mol. The Balaban J connectivity index is 2.32. The van der Waals surface area contributed by atoms with E-state index in [1.807, 2.05) is 45.9 Å². The smallest absolute Gasteiger partial charge is 0.264 e. The first-order valence-electron chi connectivity index (χ1n) is 8.56. The molecule has 2 aromatic carbocycles. The molecule has 1 N–H and O–H groups in total. The molecule has 0 aromatic heterocycles. The lowest BCUT2D eigenvalue weighted by molar-refractivity contribution is 0.0919. The van der Waals surface area contributed by atoms with Crippen molar-refractivity contribution < 1.29 is 13.2 Å².